The summed E-state index contributed by atoms with van der Waals surface area (Å²) in [5.41, 5.74) is 0.495. The van der Waals surface area contributed by atoms with Crippen molar-refractivity contribution in [3.8, 4) is 0 Å². The van der Waals surface area contributed by atoms with Gasteiger partial charge in [-0.15, -0.1) is 0 Å². The first-order valence-corrected chi connectivity index (χ1v) is 6.51. The molecule has 0 amide bonds. The minimum Gasteiger partial charge on any atom is -0.381 e. The zero-order valence-corrected chi connectivity index (χ0v) is 10.6. The zero-order valence-electron chi connectivity index (χ0n) is 10.6. The smallest absolute Gasteiger partial charge is 0.328 e. The molecule has 0 unspecified atom stereocenters. The van der Waals surface area contributed by atoms with Crippen molar-refractivity contribution >= 4 is 5.69 Å². The summed E-state index contributed by atoms with van der Waals surface area (Å²) >= 11 is 0. The van der Waals surface area contributed by atoms with Gasteiger partial charge in [0.05, 0.1) is 5.69 Å². The van der Waals surface area contributed by atoms with Crippen molar-refractivity contribution in [3.05, 3.63) is 53.0 Å². The third-order valence-corrected chi connectivity index (χ3v) is 3.36. The quantitative estimate of drug-likeness (QED) is 0.896. The van der Waals surface area contributed by atoms with E-state index >= 15 is 0 Å². The lowest BCUT2D eigenvalue weighted by Gasteiger charge is -2.07. The topological polar surface area (TPSA) is 39.0 Å². The van der Waals surface area contributed by atoms with Crippen molar-refractivity contribution in [2.45, 2.75) is 25.4 Å². The number of aromatic nitrogens is 2. The minimum absolute atomic E-state index is 0.0258. The van der Waals surface area contributed by atoms with Gasteiger partial charge in [0.25, 0.3) is 0 Å². The molecule has 0 saturated heterocycles. The van der Waals surface area contributed by atoms with Gasteiger partial charge in [-0.1, -0.05) is 12.1 Å². The Morgan fingerprint density at radius 2 is 2.05 bits per heavy atom. The number of nitrogens with zero attached hydrogens (tertiary/aromatic N) is 2. The Bertz CT molecular complexity index is 628. The van der Waals surface area contributed by atoms with Gasteiger partial charge in [-0.3, -0.25) is 9.13 Å². The van der Waals surface area contributed by atoms with E-state index in [-0.39, 0.29) is 11.5 Å². The molecular weight excluding hydrogens is 245 g/mol. The summed E-state index contributed by atoms with van der Waals surface area (Å²) in [6, 6.07) is 6.93. The summed E-state index contributed by atoms with van der Waals surface area (Å²) in [5.74, 6) is -0.273. The molecule has 1 N–H and O–H groups in total. The van der Waals surface area contributed by atoms with Crippen molar-refractivity contribution < 1.29 is 4.39 Å². The molecule has 4 nitrogen and oxygen atoms in total. The molecular formula is C14H16FN3O. The maximum atomic E-state index is 13.4. The van der Waals surface area contributed by atoms with E-state index in [1.165, 1.54) is 6.07 Å². The first-order chi connectivity index (χ1) is 9.25. The predicted molar refractivity (Wildman–Crippen MR) is 71.9 cm³/mol. The van der Waals surface area contributed by atoms with Gasteiger partial charge >= 0.3 is 5.69 Å². The second kappa shape index (κ2) is 4.91. The van der Waals surface area contributed by atoms with E-state index in [2.05, 4.69) is 5.32 Å². The fraction of sp³-hybridized carbons (Fsp3) is 0.357. The molecule has 0 aliphatic heterocycles. The molecule has 0 spiro atoms. The van der Waals surface area contributed by atoms with Gasteiger partial charge in [-0.25, -0.2) is 9.18 Å². The first-order valence-electron chi connectivity index (χ1n) is 6.51. The molecule has 1 heterocycles. The highest BCUT2D eigenvalue weighted by atomic mass is 19.1. The van der Waals surface area contributed by atoms with Crippen LogP contribution in [0.4, 0.5) is 10.1 Å². The highest BCUT2D eigenvalue weighted by Crippen LogP contribution is 2.33. The van der Waals surface area contributed by atoms with Crippen LogP contribution < -0.4 is 11.0 Å². The summed E-state index contributed by atoms with van der Waals surface area (Å²) in [4.78, 5) is 12.0. The third kappa shape index (κ3) is 2.54. The fourth-order valence-electron chi connectivity index (χ4n) is 2.14. The van der Waals surface area contributed by atoms with Gasteiger partial charge in [0.2, 0.25) is 0 Å². The van der Waals surface area contributed by atoms with E-state index in [1.807, 2.05) is 6.20 Å². The Balaban J connectivity index is 1.61. The highest BCUT2D eigenvalue weighted by molar-refractivity contribution is 5.44. The molecule has 1 fully saturated rings. The summed E-state index contributed by atoms with van der Waals surface area (Å²) in [7, 11) is 0. The third-order valence-electron chi connectivity index (χ3n) is 3.36. The van der Waals surface area contributed by atoms with E-state index in [0.29, 0.717) is 24.8 Å². The molecule has 0 atom stereocenters. The lowest BCUT2D eigenvalue weighted by Crippen LogP contribution is -2.26. The number of rotatable bonds is 5. The Morgan fingerprint density at radius 3 is 2.79 bits per heavy atom. The van der Waals surface area contributed by atoms with Gasteiger partial charge in [0.15, 0.2) is 0 Å². The number of nitrogens with one attached hydrogen (secondary N) is 1. The predicted octanol–water partition coefficient (Wildman–Crippen LogP) is 2.24. The van der Waals surface area contributed by atoms with Crippen molar-refractivity contribution in [2.24, 2.45) is 0 Å². The summed E-state index contributed by atoms with van der Waals surface area (Å²) in [6.07, 6.45) is 5.82. The number of hydrogen-bond acceptors (Lipinski definition) is 2. The Kier molecular flexibility index (Phi) is 3.11. The van der Waals surface area contributed by atoms with Crippen LogP contribution in [-0.4, -0.2) is 15.7 Å². The lowest BCUT2D eigenvalue weighted by atomic mass is 10.3. The van der Waals surface area contributed by atoms with E-state index < -0.39 is 0 Å². The van der Waals surface area contributed by atoms with E-state index in [9.17, 15) is 9.18 Å². The van der Waals surface area contributed by atoms with Gasteiger partial charge in [0, 0.05) is 31.5 Å². The van der Waals surface area contributed by atoms with Gasteiger partial charge in [-0.05, 0) is 25.0 Å². The number of anilines is 1. The van der Waals surface area contributed by atoms with Crippen molar-refractivity contribution in [2.75, 3.05) is 11.9 Å². The number of hydrogen-bond donors (Lipinski definition) is 1. The second-order valence-electron chi connectivity index (χ2n) is 4.82. The second-order valence-corrected chi connectivity index (χ2v) is 4.82. The summed E-state index contributed by atoms with van der Waals surface area (Å²) in [6.45, 7) is 1.06. The van der Waals surface area contributed by atoms with Crippen LogP contribution in [-0.2, 0) is 6.54 Å². The van der Waals surface area contributed by atoms with Crippen LogP contribution in [0.25, 0.3) is 0 Å². The Morgan fingerprint density at radius 1 is 1.26 bits per heavy atom. The number of benzene rings is 1. The lowest BCUT2D eigenvalue weighted by molar-refractivity contribution is 0.619. The van der Waals surface area contributed by atoms with Gasteiger partial charge in [0.1, 0.15) is 5.82 Å². The molecule has 1 aliphatic rings. The molecule has 1 aromatic heterocycles. The molecule has 0 bridgehead atoms. The maximum Gasteiger partial charge on any atom is 0.328 e. The average Bonchev–Trinajstić information content (AvgIpc) is 3.18. The van der Waals surface area contributed by atoms with Crippen LogP contribution in [0.1, 0.15) is 18.9 Å². The molecule has 3 rings (SSSR count). The normalized spacial score (nSPS) is 14.6. The zero-order chi connectivity index (χ0) is 13.2. The molecule has 5 heteroatoms. The van der Waals surface area contributed by atoms with Crippen LogP contribution in [0.3, 0.4) is 0 Å². The summed E-state index contributed by atoms with van der Waals surface area (Å²) < 4.78 is 16.8. The Hall–Kier alpha value is -2.04. The molecule has 2 aromatic rings. The van der Waals surface area contributed by atoms with Crippen molar-refractivity contribution in [1.29, 1.82) is 0 Å². The van der Waals surface area contributed by atoms with Crippen LogP contribution in [0.15, 0.2) is 41.5 Å². The van der Waals surface area contributed by atoms with Crippen LogP contribution in [0.5, 0.6) is 0 Å². The number of halogens is 1. The fourth-order valence-corrected chi connectivity index (χ4v) is 2.14. The largest absolute Gasteiger partial charge is 0.381 e. The van der Waals surface area contributed by atoms with Crippen molar-refractivity contribution in [3.63, 3.8) is 0 Å². The molecule has 100 valence electrons. The van der Waals surface area contributed by atoms with E-state index in [4.69, 9.17) is 0 Å². The Labute approximate surface area is 110 Å². The van der Waals surface area contributed by atoms with Crippen molar-refractivity contribution in [1.82, 2.24) is 9.13 Å². The monoisotopic (exact) mass is 261 g/mol. The van der Waals surface area contributed by atoms with E-state index in [0.717, 1.165) is 12.8 Å². The van der Waals surface area contributed by atoms with Crippen LogP contribution >= 0.6 is 0 Å². The average molecular weight is 261 g/mol. The van der Waals surface area contributed by atoms with Gasteiger partial charge in [-0.2, -0.15) is 0 Å². The molecule has 19 heavy (non-hydrogen) atoms. The highest BCUT2D eigenvalue weighted by Gasteiger charge is 2.25. The number of para-hydroxylation sites is 1. The number of imidazole rings is 1. The summed E-state index contributed by atoms with van der Waals surface area (Å²) in [5, 5.41) is 3.00. The van der Waals surface area contributed by atoms with Crippen LogP contribution in [0, 0.1) is 5.82 Å². The maximum absolute atomic E-state index is 13.4. The molecule has 1 aliphatic carbocycles. The molecule has 0 radical (unpaired) electrons. The minimum atomic E-state index is -0.273. The first kappa shape index (κ1) is 12.0. The molecule has 1 aromatic carbocycles. The van der Waals surface area contributed by atoms with Gasteiger partial charge < -0.3 is 5.32 Å². The van der Waals surface area contributed by atoms with E-state index in [1.54, 1.807) is 33.5 Å². The van der Waals surface area contributed by atoms with Crippen LogP contribution in [0.2, 0.25) is 0 Å². The standard InChI is InChI=1S/C14H16FN3O/c15-12-3-1-2-4-13(12)16-7-8-17-9-10-18(14(17)19)11-5-6-11/h1-4,9-11,16H,5-8H2. The SMILES string of the molecule is O=c1n(CCNc2ccccc2F)ccn1C1CC1. The molecule has 1 saturated carbocycles.